The lowest BCUT2D eigenvalue weighted by Crippen LogP contribution is -2.18. The Kier molecular flexibility index (Phi) is 4.68. The summed E-state index contributed by atoms with van der Waals surface area (Å²) in [5, 5.41) is 4.01. The molecule has 2 aromatic rings. The van der Waals surface area contributed by atoms with Gasteiger partial charge in [0.15, 0.2) is 0 Å². The number of nitrogens with zero attached hydrogens (tertiary/aromatic N) is 2. The molecule has 0 aliphatic carbocycles. The lowest BCUT2D eigenvalue weighted by molar-refractivity contribution is 0.0955. The van der Waals surface area contributed by atoms with E-state index < -0.39 is 5.91 Å². The van der Waals surface area contributed by atoms with Gasteiger partial charge in [-0.3, -0.25) is 4.79 Å². The average molecular weight is 290 g/mol. The zero-order valence-corrected chi connectivity index (χ0v) is 11.5. The van der Waals surface area contributed by atoms with E-state index in [9.17, 15) is 4.79 Å². The summed E-state index contributed by atoms with van der Waals surface area (Å²) in [5.74, 6) is 0.304. The standard InChI is InChI=1S/C14H12ClN3O2/c1-20-11-5-2-4-10(8-11)9-17-18-14(19)12-6-3-7-16-13(12)15/h2-9H,1H3,(H,18,19). The number of benzene rings is 1. The highest BCUT2D eigenvalue weighted by Crippen LogP contribution is 2.12. The zero-order valence-electron chi connectivity index (χ0n) is 10.7. The number of hydrogen-bond donors (Lipinski definition) is 1. The number of rotatable bonds is 4. The molecule has 102 valence electrons. The summed E-state index contributed by atoms with van der Waals surface area (Å²) in [6.07, 6.45) is 3.03. The number of carbonyl (C=O) groups is 1. The van der Waals surface area contributed by atoms with Crippen LogP contribution in [0.1, 0.15) is 15.9 Å². The summed E-state index contributed by atoms with van der Waals surface area (Å²) in [4.78, 5) is 15.6. The second kappa shape index (κ2) is 6.68. The Balaban J connectivity index is 2.03. The van der Waals surface area contributed by atoms with Crippen molar-refractivity contribution in [3.8, 4) is 5.75 Å². The molecule has 0 fully saturated rings. The van der Waals surface area contributed by atoms with Gasteiger partial charge in [0.05, 0.1) is 18.9 Å². The smallest absolute Gasteiger partial charge is 0.274 e. The monoisotopic (exact) mass is 289 g/mol. The van der Waals surface area contributed by atoms with Gasteiger partial charge in [-0.05, 0) is 29.8 Å². The molecule has 6 heteroatoms. The molecule has 0 aliphatic heterocycles. The van der Waals surface area contributed by atoms with Crippen molar-refractivity contribution in [1.29, 1.82) is 0 Å². The maximum Gasteiger partial charge on any atom is 0.274 e. The van der Waals surface area contributed by atoms with E-state index in [0.717, 1.165) is 11.3 Å². The summed E-state index contributed by atoms with van der Waals surface area (Å²) in [7, 11) is 1.59. The molecule has 1 heterocycles. The molecular formula is C14H12ClN3O2. The molecule has 0 spiro atoms. The van der Waals surface area contributed by atoms with Gasteiger partial charge in [-0.25, -0.2) is 10.4 Å². The van der Waals surface area contributed by atoms with Crippen LogP contribution < -0.4 is 10.2 Å². The fraction of sp³-hybridized carbons (Fsp3) is 0.0714. The fourth-order valence-electron chi connectivity index (χ4n) is 1.50. The van der Waals surface area contributed by atoms with E-state index >= 15 is 0 Å². The first-order chi connectivity index (χ1) is 9.70. The van der Waals surface area contributed by atoms with Gasteiger partial charge in [0.25, 0.3) is 5.91 Å². The number of aromatic nitrogens is 1. The molecule has 0 saturated heterocycles. The molecule has 1 aromatic carbocycles. The van der Waals surface area contributed by atoms with Gasteiger partial charge >= 0.3 is 0 Å². The number of amides is 1. The number of hydrazone groups is 1. The molecule has 5 nitrogen and oxygen atoms in total. The molecule has 0 unspecified atom stereocenters. The predicted molar refractivity (Wildman–Crippen MR) is 77.3 cm³/mol. The van der Waals surface area contributed by atoms with Crippen molar-refractivity contribution in [2.24, 2.45) is 5.10 Å². The largest absolute Gasteiger partial charge is 0.497 e. The molecule has 20 heavy (non-hydrogen) atoms. The minimum absolute atomic E-state index is 0.140. The van der Waals surface area contributed by atoms with E-state index in [-0.39, 0.29) is 10.7 Å². The van der Waals surface area contributed by atoms with Crippen LogP contribution in [-0.2, 0) is 0 Å². The molecule has 2 rings (SSSR count). The number of ether oxygens (including phenoxy) is 1. The van der Waals surface area contributed by atoms with Crippen LogP contribution in [0.25, 0.3) is 0 Å². The van der Waals surface area contributed by atoms with Crippen molar-refractivity contribution in [2.45, 2.75) is 0 Å². The Labute approximate surface area is 121 Å². The number of nitrogens with one attached hydrogen (secondary N) is 1. The van der Waals surface area contributed by atoms with Gasteiger partial charge in [0.2, 0.25) is 0 Å². The Morgan fingerprint density at radius 3 is 3.00 bits per heavy atom. The minimum atomic E-state index is -0.415. The summed E-state index contributed by atoms with van der Waals surface area (Å²) in [6.45, 7) is 0. The molecule has 1 N–H and O–H groups in total. The van der Waals surface area contributed by atoms with E-state index in [4.69, 9.17) is 16.3 Å². The summed E-state index contributed by atoms with van der Waals surface area (Å²) in [5.41, 5.74) is 3.47. The van der Waals surface area contributed by atoms with Crippen LogP contribution in [0, 0.1) is 0 Å². The highest BCUT2D eigenvalue weighted by atomic mass is 35.5. The SMILES string of the molecule is COc1cccc(C=NNC(=O)c2cccnc2Cl)c1. The average Bonchev–Trinajstić information content (AvgIpc) is 2.48. The Hall–Kier alpha value is -2.40. The van der Waals surface area contributed by atoms with Crippen molar-refractivity contribution in [2.75, 3.05) is 7.11 Å². The molecule has 0 radical (unpaired) electrons. The number of methoxy groups -OCH3 is 1. The van der Waals surface area contributed by atoms with Crippen LogP contribution in [0.5, 0.6) is 5.75 Å². The van der Waals surface area contributed by atoms with Crippen LogP contribution in [0.15, 0.2) is 47.7 Å². The van der Waals surface area contributed by atoms with Crippen molar-refractivity contribution in [1.82, 2.24) is 10.4 Å². The maximum atomic E-state index is 11.8. The van der Waals surface area contributed by atoms with E-state index in [1.165, 1.54) is 12.4 Å². The lowest BCUT2D eigenvalue weighted by atomic mass is 10.2. The first kappa shape index (κ1) is 14.0. The quantitative estimate of drug-likeness (QED) is 0.534. The highest BCUT2D eigenvalue weighted by Gasteiger charge is 2.08. The predicted octanol–water partition coefficient (Wildman–Crippen LogP) is 2.51. The van der Waals surface area contributed by atoms with Gasteiger partial charge < -0.3 is 4.74 Å². The van der Waals surface area contributed by atoms with Crippen LogP contribution in [0.3, 0.4) is 0 Å². The number of halogens is 1. The molecule has 0 bridgehead atoms. The van der Waals surface area contributed by atoms with Crippen molar-refractivity contribution in [3.63, 3.8) is 0 Å². The topological polar surface area (TPSA) is 63.6 Å². The summed E-state index contributed by atoms with van der Waals surface area (Å²) >= 11 is 5.81. The van der Waals surface area contributed by atoms with Gasteiger partial charge in [-0.2, -0.15) is 5.10 Å². The van der Waals surface area contributed by atoms with E-state index in [0.29, 0.717) is 0 Å². The first-order valence-corrected chi connectivity index (χ1v) is 6.16. The van der Waals surface area contributed by atoms with Gasteiger partial charge in [-0.1, -0.05) is 23.7 Å². The highest BCUT2D eigenvalue weighted by molar-refractivity contribution is 6.32. The van der Waals surface area contributed by atoms with Crippen LogP contribution in [-0.4, -0.2) is 24.2 Å². The lowest BCUT2D eigenvalue weighted by Gasteiger charge is -2.01. The molecule has 0 aliphatic rings. The number of hydrogen-bond acceptors (Lipinski definition) is 4. The van der Waals surface area contributed by atoms with Crippen LogP contribution in [0.2, 0.25) is 5.15 Å². The van der Waals surface area contributed by atoms with Crippen molar-refractivity contribution < 1.29 is 9.53 Å². The fourth-order valence-corrected chi connectivity index (χ4v) is 1.71. The molecule has 1 aromatic heterocycles. The number of carbonyl (C=O) groups excluding carboxylic acids is 1. The Bertz CT molecular complexity index is 644. The summed E-state index contributed by atoms with van der Waals surface area (Å²) < 4.78 is 5.09. The minimum Gasteiger partial charge on any atom is -0.497 e. The molecule has 1 amide bonds. The Morgan fingerprint density at radius 1 is 1.40 bits per heavy atom. The maximum absolute atomic E-state index is 11.8. The third-order valence-electron chi connectivity index (χ3n) is 2.48. The molecule has 0 atom stereocenters. The first-order valence-electron chi connectivity index (χ1n) is 5.78. The van der Waals surface area contributed by atoms with Crippen LogP contribution >= 0.6 is 11.6 Å². The third-order valence-corrected chi connectivity index (χ3v) is 2.78. The zero-order chi connectivity index (χ0) is 14.4. The van der Waals surface area contributed by atoms with Gasteiger partial charge in [-0.15, -0.1) is 0 Å². The Morgan fingerprint density at radius 2 is 2.25 bits per heavy atom. The van der Waals surface area contributed by atoms with Gasteiger partial charge in [0.1, 0.15) is 10.9 Å². The van der Waals surface area contributed by atoms with Crippen molar-refractivity contribution >= 4 is 23.7 Å². The van der Waals surface area contributed by atoms with Crippen molar-refractivity contribution in [3.05, 3.63) is 58.9 Å². The van der Waals surface area contributed by atoms with Gasteiger partial charge in [0, 0.05) is 6.20 Å². The number of pyridine rings is 1. The third kappa shape index (κ3) is 3.55. The summed E-state index contributed by atoms with van der Waals surface area (Å²) in [6, 6.07) is 10.5. The van der Waals surface area contributed by atoms with E-state index in [1.807, 2.05) is 18.2 Å². The second-order valence-corrected chi connectivity index (χ2v) is 4.18. The van der Waals surface area contributed by atoms with E-state index in [2.05, 4.69) is 15.5 Å². The van der Waals surface area contributed by atoms with Crippen LogP contribution in [0.4, 0.5) is 0 Å². The second-order valence-electron chi connectivity index (χ2n) is 3.82. The van der Waals surface area contributed by atoms with E-state index in [1.54, 1.807) is 25.3 Å². The molecular weight excluding hydrogens is 278 g/mol. The molecule has 0 saturated carbocycles. The normalized spacial score (nSPS) is 10.5.